The molecule has 0 spiro atoms. The highest BCUT2D eigenvalue weighted by Gasteiger charge is 2.09. The van der Waals surface area contributed by atoms with Gasteiger partial charge in [-0.1, -0.05) is 38.5 Å². The first-order chi connectivity index (χ1) is 9.81. The first-order valence-corrected chi connectivity index (χ1v) is 7.49. The minimum atomic E-state index is 0.551. The summed E-state index contributed by atoms with van der Waals surface area (Å²) in [5.41, 5.74) is 3.10. The number of anilines is 1. The summed E-state index contributed by atoms with van der Waals surface area (Å²) in [6.07, 6.45) is 3.57. The van der Waals surface area contributed by atoms with Crippen LogP contribution in [0.3, 0.4) is 0 Å². The van der Waals surface area contributed by atoms with E-state index in [1.165, 1.54) is 29.3 Å². The monoisotopic (exact) mass is 267 g/mol. The lowest BCUT2D eigenvalue weighted by Gasteiger charge is -2.17. The van der Waals surface area contributed by atoms with Gasteiger partial charge in [0.05, 0.1) is 0 Å². The number of furan rings is 1. The summed E-state index contributed by atoms with van der Waals surface area (Å²) < 4.78 is 5.86. The van der Waals surface area contributed by atoms with E-state index in [1.807, 2.05) is 12.1 Å². The Morgan fingerprint density at radius 1 is 1.00 bits per heavy atom. The van der Waals surface area contributed by atoms with Crippen LogP contribution < -0.4 is 5.32 Å². The Kier molecular flexibility index (Phi) is 3.64. The molecule has 104 valence electrons. The molecule has 2 heteroatoms. The molecule has 0 fully saturated rings. The second kappa shape index (κ2) is 5.58. The molecule has 3 aromatic rings. The van der Waals surface area contributed by atoms with Gasteiger partial charge in [0, 0.05) is 22.5 Å². The second-order valence-corrected chi connectivity index (χ2v) is 5.35. The van der Waals surface area contributed by atoms with Gasteiger partial charge in [-0.25, -0.2) is 0 Å². The molecule has 0 saturated carbocycles. The van der Waals surface area contributed by atoms with Crippen LogP contribution in [0.5, 0.6) is 0 Å². The molecule has 1 N–H and O–H groups in total. The smallest absolute Gasteiger partial charge is 0.135 e. The van der Waals surface area contributed by atoms with Gasteiger partial charge in [-0.05, 0) is 37.1 Å². The average Bonchev–Trinajstić information content (AvgIpc) is 2.85. The van der Waals surface area contributed by atoms with Crippen molar-refractivity contribution in [2.24, 2.45) is 0 Å². The molecule has 1 unspecified atom stereocenters. The fourth-order valence-corrected chi connectivity index (χ4v) is 2.78. The molecular weight excluding hydrogens is 246 g/mol. The van der Waals surface area contributed by atoms with Gasteiger partial charge in [0.15, 0.2) is 0 Å². The molecule has 2 aromatic carbocycles. The summed E-state index contributed by atoms with van der Waals surface area (Å²) in [5, 5.41) is 6.02. The van der Waals surface area contributed by atoms with E-state index in [1.54, 1.807) is 0 Å². The largest absolute Gasteiger partial charge is 0.456 e. The highest BCUT2D eigenvalue weighted by molar-refractivity contribution is 6.05. The van der Waals surface area contributed by atoms with E-state index >= 15 is 0 Å². The van der Waals surface area contributed by atoms with Crippen LogP contribution in [-0.4, -0.2) is 6.04 Å². The van der Waals surface area contributed by atoms with Crippen molar-refractivity contribution >= 4 is 27.6 Å². The van der Waals surface area contributed by atoms with Crippen LogP contribution in [0.1, 0.15) is 33.1 Å². The highest BCUT2D eigenvalue weighted by Crippen LogP contribution is 2.30. The fraction of sp³-hybridized carbons (Fsp3) is 0.333. The van der Waals surface area contributed by atoms with E-state index in [-0.39, 0.29) is 0 Å². The summed E-state index contributed by atoms with van der Waals surface area (Å²) in [5.74, 6) is 0. The molecule has 1 atom stereocenters. The normalized spacial score (nSPS) is 12.9. The number of nitrogens with one attached hydrogen (secondary N) is 1. The predicted molar refractivity (Wildman–Crippen MR) is 86.3 cm³/mol. The topological polar surface area (TPSA) is 25.2 Å². The number of hydrogen-bond donors (Lipinski definition) is 1. The molecule has 0 radical (unpaired) electrons. The number of para-hydroxylation sites is 1. The van der Waals surface area contributed by atoms with Crippen molar-refractivity contribution in [3.05, 3.63) is 42.5 Å². The van der Waals surface area contributed by atoms with Crippen molar-refractivity contribution in [3.8, 4) is 0 Å². The van der Waals surface area contributed by atoms with E-state index in [0.29, 0.717) is 6.04 Å². The highest BCUT2D eigenvalue weighted by atomic mass is 16.3. The molecular formula is C18H21NO. The zero-order valence-electron chi connectivity index (χ0n) is 12.1. The van der Waals surface area contributed by atoms with Crippen LogP contribution in [0.25, 0.3) is 21.9 Å². The summed E-state index contributed by atoms with van der Waals surface area (Å²) >= 11 is 0. The van der Waals surface area contributed by atoms with Crippen LogP contribution in [0.2, 0.25) is 0 Å². The van der Waals surface area contributed by atoms with E-state index in [2.05, 4.69) is 49.5 Å². The molecule has 0 aliphatic heterocycles. The lowest BCUT2D eigenvalue weighted by molar-refractivity contribution is 0.623. The van der Waals surface area contributed by atoms with E-state index < -0.39 is 0 Å². The van der Waals surface area contributed by atoms with Crippen LogP contribution >= 0.6 is 0 Å². The molecule has 20 heavy (non-hydrogen) atoms. The van der Waals surface area contributed by atoms with Gasteiger partial charge < -0.3 is 9.73 Å². The van der Waals surface area contributed by atoms with Crippen LogP contribution in [-0.2, 0) is 0 Å². The lowest BCUT2D eigenvalue weighted by Crippen LogP contribution is -2.17. The Hall–Kier alpha value is -1.96. The van der Waals surface area contributed by atoms with Crippen molar-refractivity contribution < 1.29 is 4.42 Å². The number of hydrogen-bond acceptors (Lipinski definition) is 2. The summed E-state index contributed by atoms with van der Waals surface area (Å²) in [4.78, 5) is 0. The quantitative estimate of drug-likeness (QED) is 0.653. The standard InChI is InChI=1S/C18H21NO/c1-3-7-13(4-2)19-14-10-11-18-16(12-14)15-8-5-6-9-17(15)20-18/h5-6,8-13,19H,3-4,7H2,1-2H3. The van der Waals surface area contributed by atoms with E-state index in [0.717, 1.165) is 17.6 Å². The fourth-order valence-electron chi connectivity index (χ4n) is 2.78. The van der Waals surface area contributed by atoms with Crippen molar-refractivity contribution in [1.82, 2.24) is 0 Å². The maximum absolute atomic E-state index is 5.86. The molecule has 0 amide bonds. The van der Waals surface area contributed by atoms with E-state index in [4.69, 9.17) is 4.42 Å². The lowest BCUT2D eigenvalue weighted by atomic mass is 10.1. The van der Waals surface area contributed by atoms with Gasteiger partial charge in [0.25, 0.3) is 0 Å². The van der Waals surface area contributed by atoms with Crippen molar-refractivity contribution in [2.75, 3.05) is 5.32 Å². The molecule has 0 aliphatic carbocycles. The second-order valence-electron chi connectivity index (χ2n) is 5.35. The Morgan fingerprint density at radius 3 is 2.60 bits per heavy atom. The van der Waals surface area contributed by atoms with Gasteiger partial charge >= 0.3 is 0 Å². The van der Waals surface area contributed by atoms with Crippen LogP contribution in [0, 0.1) is 0 Å². The number of rotatable bonds is 5. The van der Waals surface area contributed by atoms with Crippen molar-refractivity contribution in [1.29, 1.82) is 0 Å². The number of benzene rings is 2. The van der Waals surface area contributed by atoms with Gasteiger partial charge in [-0.15, -0.1) is 0 Å². The third-order valence-corrected chi connectivity index (χ3v) is 3.88. The maximum Gasteiger partial charge on any atom is 0.135 e. The van der Waals surface area contributed by atoms with Gasteiger partial charge in [-0.2, -0.15) is 0 Å². The van der Waals surface area contributed by atoms with Gasteiger partial charge in [0.2, 0.25) is 0 Å². The summed E-state index contributed by atoms with van der Waals surface area (Å²) in [7, 11) is 0. The van der Waals surface area contributed by atoms with Crippen molar-refractivity contribution in [3.63, 3.8) is 0 Å². The Morgan fingerprint density at radius 2 is 1.80 bits per heavy atom. The van der Waals surface area contributed by atoms with Crippen LogP contribution in [0.15, 0.2) is 46.9 Å². The number of fused-ring (bicyclic) bond motifs is 3. The Labute approximate surface area is 119 Å². The van der Waals surface area contributed by atoms with Gasteiger partial charge in [0.1, 0.15) is 11.2 Å². The molecule has 3 rings (SSSR count). The third-order valence-electron chi connectivity index (χ3n) is 3.88. The first kappa shape index (κ1) is 13.0. The molecule has 0 saturated heterocycles. The Balaban J connectivity index is 1.99. The first-order valence-electron chi connectivity index (χ1n) is 7.49. The zero-order chi connectivity index (χ0) is 13.9. The molecule has 1 aromatic heterocycles. The molecule has 2 nitrogen and oxygen atoms in total. The maximum atomic E-state index is 5.86. The van der Waals surface area contributed by atoms with Crippen LogP contribution in [0.4, 0.5) is 5.69 Å². The zero-order valence-corrected chi connectivity index (χ0v) is 12.1. The molecule has 0 bridgehead atoms. The van der Waals surface area contributed by atoms with Crippen molar-refractivity contribution in [2.45, 2.75) is 39.2 Å². The molecule has 0 aliphatic rings. The van der Waals surface area contributed by atoms with Gasteiger partial charge in [-0.3, -0.25) is 0 Å². The minimum Gasteiger partial charge on any atom is -0.456 e. The molecule has 1 heterocycles. The summed E-state index contributed by atoms with van der Waals surface area (Å²) in [6, 6.07) is 15.2. The summed E-state index contributed by atoms with van der Waals surface area (Å²) in [6.45, 7) is 4.47. The third kappa shape index (κ3) is 2.38. The minimum absolute atomic E-state index is 0.551. The predicted octanol–water partition coefficient (Wildman–Crippen LogP) is 5.58. The Bertz CT molecular complexity index is 714. The average molecular weight is 267 g/mol. The van der Waals surface area contributed by atoms with E-state index in [9.17, 15) is 0 Å². The SMILES string of the molecule is CCCC(CC)Nc1ccc2oc3ccccc3c2c1.